The van der Waals surface area contributed by atoms with Crippen molar-refractivity contribution in [1.29, 1.82) is 0 Å². The van der Waals surface area contributed by atoms with E-state index in [1.807, 2.05) is 24.3 Å². The van der Waals surface area contributed by atoms with Crippen molar-refractivity contribution in [1.82, 2.24) is 5.32 Å². The van der Waals surface area contributed by atoms with Gasteiger partial charge < -0.3 is 14.8 Å². The minimum absolute atomic E-state index is 0.0151. The van der Waals surface area contributed by atoms with E-state index in [0.717, 1.165) is 11.1 Å². The van der Waals surface area contributed by atoms with E-state index in [-0.39, 0.29) is 23.7 Å². The number of cyclic esters (lactones) is 2. The maximum absolute atomic E-state index is 12.2. The number of hydrogen-bond donors (Lipinski definition) is 1. The number of ether oxygens (including phenoxy) is 2. The molecule has 162 valence electrons. The highest BCUT2D eigenvalue weighted by atomic mass is 16.6. The van der Waals surface area contributed by atoms with Crippen LogP contribution in [0.4, 0.5) is 4.79 Å². The Morgan fingerprint density at radius 3 is 2.27 bits per heavy atom. The molecule has 0 saturated heterocycles. The third-order valence-electron chi connectivity index (χ3n) is 5.74. The van der Waals surface area contributed by atoms with Crippen LogP contribution in [0.25, 0.3) is 11.1 Å². The van der Waals surface area contributed by atoms with Crippen LogP contribution < -0.4 is 5.32 Å². The quantitative estimate of drug-likeness (QED) is 0.285. The number of rotatable bonds is 4. The molecular formula is C27H19NO5. The number of carbonyl (C=O) groups is 3. The van der Waals surface area contributed by atoms with Crippen LogP contribution in [-0.4, -0.2) is 31.2 Å². The van der Waals surface area contributed by atoms with E-state index in [0.29, 0.717) is 18.5 Å². The van der Waals surface area contributed by atoms with Gasteiger partial charge in [0, 0.05) is 24.4 Å². The van der Waals surface area contributed by atoms with Gasteiger partial charge in [0.15, 0.2) is 0 Å². The summed E-state index contributed by atoms with van der Waals surface area (Å²) in [6.07, 6.45) is -0.0811. The molecule has 3 aromatic rings. The van der Waals surface area contributed by atoms with Crippen LogP contribution in [0, 0.1) is 11.8 Å². The number of benzene rings is 3. The Hall–Kier alpha value is -4.37. The van der Waals surface area contributed by atoms with E-state index >= 15 is 0 Å². The van der Waals surface area contributed by atoms with Crippen LogP contribution in [0.3, 0.4) is 0 Å². The fourth-order valence-corrected chi connectivity index (χ4v) is 4.20. The Bertz CT molecular complexity index is 1300. The molecule has 0 spiro atoms. The molecule has 1 amide bonds. The van der Waals surface area contributed by atoms with Crippen molar-refractivity contribution in [2.45, 2.75) is 12.3 Å². The predicted octanol–water partition coefficient (Wildman–Crippen LogP) is 4.28. The average molecular weight is 437 g/mol. The van der Waals surface area contributed by atoms with Gasteiger partial charge in [-0.1, -0.05) is 60.4 Å². The Kier molecular flexibility index (Phi) is 5.37. The fraction of sp³-hybridized carbons (Fsp3) is 0.148. The zero-order chi connectivity index (χ0) is 22.8. The number of amides is 1. The van der Waals surface area contributed by atoms with Crippen molar-refractivity contribution in [2.75, 3.05) is 13.2 Å². The number of carbonyl (C=O) groups excluding carboxylic acids is 3. The molecule has 0 unspecified atom stereocenters. The Morgan fingerprint density at radius 2 is 1.55 bits per heavy atom. The zero-order valence-electron chi connectivity index (χ0n) is 17.6. The normalized spacial score (nSPS) is 13.3. The summed E-state index contributed by atoms with van der Waals surface area (Å²) in [6, 6.07) is 21.1. The summed E-state index contributed by atoms with van der Waals surface area (Å²) in [4.78, 5) is 35.3. The molecule has 1 aliphatic carbocycles. The molecule has 0 atom stereocenters. The summed E-state index contributed by atoms with van der Waals surface area (Å²) < 4.78 is 10.1. The van der Waals surface area contributed by atoms with Gasteiger partial charge in [-0.05, 0) is 40.5 Å². The highest BCUT2D eigenvalue weighted by molar-refractivity contribution is 6.14. The molecule has 2 aliphatic rings. The molecule has 33 heavy (non-hydrogen) atoms. The van der Waals surface area contributed by atoms with E-state index < -0.39 is 18.0 Å². The minimum Gasteiger partial charge on any atom is -0.449 e. The van der Waals surface area contributed by atoms with Crippen LogP contribution in [0.15, 0.2) is 66.7 Å². The molecule has 0 saturated carbocycles. The fourth-order valence-electron chi connectivity index (χ4n) is 4.20. The van der Waals surface area contributed by atoms with E-state index in [9.17, 15) is 14.4 Å². The van der Waals surface area contributed by atoms with Crippen LogP contribution >= 0.6 is 0 Å². The van der Waals surface area contributed by atoms with Crippen molar-refractivity contribution in [2.24, 2.45) is 0 Å². The van der Waals surface area contributed by atoms with Crippen molar-refractivity contribution >= 4 is 18.0 Å². The lowest BCUT2D eigenvalue weighted by Gasteiger charge is -2.14. The molecular weight excluding hydrogens is 418 g/mol. The molecule has 6 heteroatoms. The first-order valence-corrected chi connectivity index (χ1v) is 10.6. The molecule has 0 aromatic heterocycles. The first kappa shape index (κ1) is 20.5. The first-order valence-electron chi connectivity index (χ1n) is 10.6. The average Bonchev–Trinajstić information content (AvgIpc) is 3.31. The Balaban J connectivity index is 1.13. The molecule has 6 nitrogen and oxygen atoms in total. The van der Waals surface area contributed by atoms with Gasteiger partial charge in [-0.2, -0.15) is 0 Å². The van der Waals surface area contributed by atoms with Crippen LogP contribution in [0.5, 0.6) is 0 Å². The molecule has 3 aromatic carbocycles. The van der Waals surface area contributed by atoms with Crippen molar-refractivity contribution in [3.63, 3.8) is 0 Å². The summed E-state index contributed by atoms with van der Waals surface area (Å²) in [5.74, 6) is 4.58. The van der Waals surface area contributed by atoms with E-state index in [1.54, 1.807) is 6.07 Å². The number of alkyl carbamates (subject to hydrolysis) is 1. The van der Waals surface area contributed by atoms with Gasteiger partial charge in [0.25, 0.3) is 0 Å². The van der Waals surface area contributed by atoms with Gasteiger partial charge in [0.1, 0.15) is 6.61 Å². The highest BCUT2D eigenvalue weighted by Crippen LogP contribution is 2.44. The minimum atomic E-state index is -0.657. The number of hydrogen-bond acceptors (Lipinski definition) is 5. The lowest BCUT2D eigenvalue weighted by Crippen LogP contribution is -2.26. The largest absolute Gasteiger partial charge is 0.449 e. The van der Waals surface area contributed by atoms with Gasteiger partial charge in [0.2, 0.25) is 0 Å². The maximum atomic E-state index is 12.2. The second-order valence-electron chi connectivity index (χ2n) is 7.74. The van der Waals surface area contributed by atoms with Gasteiger partial charge in [0.05, 0.1) is 11.1 Å². The molecule has 5 rings (SSSR count). The molecule has 0 radical (unpaired) electrons. The second kappa shape index (κ2) is 8.64. The summed E-state index contributed by atoms with van der Waals surface area (Å²) in [7, 11) is 0. The summed E-state index contributed by atoms with van der Waals surface area (Å²) in [5, 5.41) is 2.71. The van der Waals surface area contributed by atoms with Gasteiger partial charge in [-0.15, -0.1) is 0 Å². The zero-order valence-corrected chi connectivity index (χ0v) is 17.6. The van der Waals surface area contributed by atoms with E-state index in [1.165, 1.54) is 23.3 Å². The van der Waals surface area contributed by atoms with Crippen LogP contribution in [0.1, 0.15) is 49.7 Å². The summed E-state index contributed by atoms with van der Waals surface area (Å²) >= 11 is 0. The smallest absolute Gasteiger partial charge is 0.407 e. The second-order valence-corrected chi connectivity index (χ2v) is 7.74. The number of nitrogens with one attached hydrogen (secondary N) is 1. The molecule has 1 N–H and O–H groups in total. The third kappa shape index (κ3) is 3.97. The standard InChI is InChI=1S/C27H19NO5/c29-25-22-13-12-17(15-23(22)26(30)33-25)7-5-6-14-28-27(31)32-16-24-20-10-3-1-8-18(20)19-9-2-4-11-21(19)24/h1-4,8-13,15,24H,6,14,16H2,(H,28,31). The lowest BCUT2D eigenvalue weighted by atomic mass is 9.98. The third-order valence-corrected chi connectivity index (χ3v) is 5.74. The van der Waals surface area contributed by atoms with Crippen molar-refractivity contribution in [3.05, 3.63) is 94.5 Å². The van der Waals surface area contributed by atoms with Crippen LogP contribution in [0.2, 0.25) is 0 Å². The summed E-state index contributed by atoms with van der Waals surface area (Å²) in [5.41, 5.74) is 5.77. The Morgan fingerprint density at radius 1 is 0.879 bits per heavy atom. The number of fused-ring (bicyclic) bond motifs is 4. The maximum Gasteiger partial charge on any atom is 0.407 e. The predicted molar refractivity (Wildman–Crippen MR) is 121 cm³/mol. The highest BCUT2D eigenvalue weighted by Gasteiger charge is 2.30. The molecule has 0 bridgehead atoms. The Labute approximate surface area is 190 Å². The number of esters is 2. The molecule has 1 aliphatic heterocycles. The van der Waals surface area contributed by atoms with E-state index in [2.05, 4.69) is 46.2 Å². The monoisotopic (exact) mass is 437 g/mol. The topological polar surface area (TPSA) is 81.7 Å². The van der Waals surface area contributed by atoms with E-state index in [4.69, 9.17) is 4.74 Å². The van der Waals surface area contributed by atoms with Gasteiger partial charge >= 0.3 is 18.0 Å². The summed E-state index contributed by atoms with van der Waals surface area (Å²) in [6.45, 7) is 0.588. The first-order chi connectivity index (χ1) is 16.1. The van der Waals surface area contributed by atoms with Gasteiger partial charge in [-0.3, -0.25) is 0 Å². The molecule has 0 fully saturated rings. The van der Waals surface area contributed by atoms with Crippen LogP contribution in [-0.2, 0) is 9.47 Å². The van der Waals surface area contributed by atoms with Crippen molar-refractivity contribution < 1.29 is 23.9 Å². The van der Waals surface area contributed by atoms with Gasteiger partial charge in [-0.25, -0.2) is 14.4 Å². The SMILES string of the molecule is O=C(NCCC#Cc1ccc2c(c1)C(=O)OC2=O)OCC1c2ccccc2-c2ccccc21. The lowest BCUT2D eigenvalue weighted by molar-refractivity contribution is 0.0443. The van der Waals surface area contributed by atoms with Crippen molar-refractivity contribution in [3.8, 4) is 23.0 Å². The molecule has 1 heterocycles.